The molecule has 1 aromatic carbocycles. The van der Waals surface area contributed by atoms with Crippen molar-refractivity contribution in [1.82, 2.24) is 15.2 Å². The molecule has 0 radical (unpaired) electrons. The minimum Gasteiger partial charge on any atom is -0.350 e. The molecule has 0 spiro atoms. The van der Waals surface area contributed by atoms with Crippen LogP contribution in [0.25, 0.3) is 10.9 Å². The molecule has 1 fully saturated rings. The smallest absolute Gasteiger partial charge is 0.254 e. The fraction of sp³-hybridized carbons (Fsp3) is 0.444. The Labute approximate surface area is 146 Å². The molecule has 1 amide bonds. The first-order valence-corrected chi connectivity index (χ1v) is 8.70. The number of fused-ring (bicyclic) bond motifs is 1. The number of nitrogens with zero attached hydrogens (tertiary/aromatic N) is 2. The van der Waals surface area contributed by atoms with Crippen molar-refractivity contribution in [3.8, 4) is 0 Å². The molecule has 1 saturated heterocycles. The van der Waals surface area contributed by atoms with Crippen molar-refractivity contribution in [3.63, 3.8) is 0 Å². The van der Waals surface area contributed by atoms with E-state index in [0.717, 1.165) is 13.1 Å². The van der Waals surface area contributed by atoms with Crippen LogP contribution in [-0.4, -0.2) is 41.5 Å². The quantitative estimate of drug-likeness (QED) is 0.857. The standard InChI is InChI=1S/C18H21ClFN3O/c1-12(23-7-3-2-4-8-23)11-21-18(24)15-9-13-5-6-14(20)10-16(13)22-17(15)19/h5-6,9-10,12H,2-4,7-8,11H2,1H3,(H,21,24). The Bertz CT molecular complexity index is 746. The van der Waals surface area contributed by atoms with Crippen molar-refractivity contribution in [2.45, 2.75) is 32.2 Å². The summed E-state index contributed by atoms with van der Waals surface area (Å²) >= 11 is 6.11. The van der Waals surface area contributed by atoms with Crippen LogP contribution in [0.4, 0.5) is 4.39 Å². The molecule has 1 aliphatic heterocycles. The third-order valence-corrected chi connectivity index (χ3v) is 4.84. The fourth-order valence-electron chi connectivity index (χ4n) is 3.10. The van der Waals surface area contributed by atoms with E-state index in [4.69, 9.17) is 11.6 Å². The SMILES string of the molecule is CC(CNC(=O)c1cc2ccc(F)cc2nc1Cl)N1CCCCC1. The number of likely N-dealkylation sites (tertiary alicyclic amines) is 1. The minimum atomic E-state index is -0.376. The lowest BCUT2D eigenvalue weighted by atomic mass is 10.1. The molecule has 2 heterocycles. The second-order valence-electron chi connectivity index (χ2n) is 6.32. The van der Waals surface area contributed by atoms with Crippen molar-refractivity contribution < 1.29 is 9.18 Å². The summed E-state index contributed by atoms with van der Waals surface area (Å²) in [6.45, 7) is 4.85. The zero-order valence-electron chi connectivity index (χ0n) is 13.7. The summed E-state index contributed by atoms with van der Waals surface area (Å²) in [5.74, 6) is -0.624. The van der Waals surface area contributed by atoms with E-state index in [1.807, 2.05) is 0 Å². The second kappa shape index (κ2) is 7.45. The Kier molecular flexibility index (Phi) is 5.31. The van der Waals surface area contributed by atoms with Gasteiger partial charge in [0, 0.05) is 24.0 Å². The molecule has 0 aliphatic carbocycles. The predicted molar refractivity (Wildman–Crippen MR) is 93.9 cm³/mol. The Hall–Kier alpha value is -1.72. The van der Waals surface area contributed by atoms with E-state index in [0.29, 0.717) is 23.0 Å². The normalized spacial score (nSPS) is 17.0. The van der Waals surface area contributed by atoms with Crippen molar-refractivity contribution in [2.75, 3.05) is 19.6 Å². The van der Waals surface area contributed by atoms with E-state index in [-0.39, 0.29) is 22.9 Å². The van der Waals surface area contributed by atoms with Crippen molar-refractivity contribution >= 4 is 28.4 Å². The van der Waals surface area contributed by atoms with Gasteiger partial charge in [-0.2, -0.15) is 0 Å². The Morgan fingerprint density at radius 2 is 2.08 bits per heavy atom. The van der Waals surface area contributed by atoms with Gasteiger partial charge in [0.15, 0.2) is 0 Å². The molecule has 1 unspecified atom stereocenters. The number of rotatable bonds is 4. The largest absolute Gasteiger partial charge is 0.350 e. The third-order valence-electron chi connectivity index (χ3n) is 4.55. The van der Waals surface area contributed by atoms with Crippen LogP contribution in [0, 0.1) is 5.82 Å². The molecular weight excluding hydrogens is 329 g/mol. The molecule has 3 rings (SSSR count). The van der Waals surface area contributed by atoms with Gasteiger partial charge in [0.1, 0.15) is 11.0 Å². The number of nitrogens with one attached hydrogen (secondary N) is 1. The fourth-order valence-corrected chi connectivity index (χ4v) is 3.33. The monoisotopic (exact) mass is 349 g/mol. The number of pyridine rings is 1. The van der Waals surface area contributed by atoms with E-state index >= 15 is 0 Å². The summed E-state index contributed by atoms with van der Waals surface area (Å²) < 4.78 is 13.2. The Morgan fingerprint density at radius 3 is 2.83 bits per heavy atom. The van der Waals surface area contributed by atoms with Crippen LogP contribution in [0.15, 0.2) is 24.3 Å². The van der Waals surface area contributed by atoms with Gasteiger partial charge >= 0.3 is 0 Å². The summed E-state index contributed by atoms with van der Waals surface area (Å²) in [7, 11) is 0. The molecule has 6 heteroatoms. The van der Waals surface area contributed by atoms with E-state index in [1.165, 1.54) is 31.4 Å². The number of piperidine rings is 1. The maximum Gasteiger partial charge on any atom is 0.254 e. The number of hydrogen-bond donors (Lipinski definition) is 1. The second-order valence-corrected chi connectivity index (χ2v) is 6.68. The lowest BCUT2D eigenvalue weighted by molar-refractivity contribution is 0.0930. The van der Waals surface area contributed by atoms with Gasteiger partial charge < -0.3 is 5.32 Å². The van der Waals surface area contributed by atoms with Crippen molar-refractivity contribution in [1.29, 1.82) is 0 Å². The first-order chi connectivity index (χ1) is 11.5. The highest BCUT2D eigenvalue weighted by Gasteiger charge is 2.19. The Balaban J connectivity index is 1.69. The first-order valence-electron chi connectivity index (χ1n) is 8.32. The zero-order chi connectivity index (χ0) is 17.1. The van der Waals surface area contributed by atoms with Crippen LogP contribution in [0.2, 0.25) is 5.15 Å². The molecule has 1 atom stereocenters. The molecule has 1 aromatic heterocycles. The molecule has 24 heavy (non-hydrogen) atoms. The highest BCUT2D eigenvalue weighted by atomic mass is 35.5. The summed E-state index contributed by atoms with van der Waals surface area (Å²) in [5.41, 5.74) is 0.764. The lowest BCUT2D eigenvalue weighted by Crippen LogP contribution is -2.44. The van der Waals surface area contributed by atoms with Crippen molar-refractivity contribution in [2.24, 2.45) is 0 Å². The molecule has 1 aliphatic rings. The number of hydrogen-bond acceptors (Lipinski definition) is 3. The summed E-state index contributed by atoms with van der Waals surface area (Å²) in [4.78, 5) is 19.0. The van der Waals surface area contributed by atoms with Crippen LogP contribution in [0.5, 0.6) is 0 Å². The number of carbonyl (C=O) groups is 1. The summed E-state index contributed by atoms with van der Waals surface area (Å²) in [6.07, 6.45) is 3.72. The van der Waals surface area contributed by atoms with E-state index in [9.17, 15) is 9.18 Å². The molecule has 0 bridgehead atoms. The van der Waals surface area contributed by atoms with E-state index in [2.05, 4.69) is 22.1 Å². The first kappa shape index (κ1) is 17.1. The number of carbonyl (C=O) groups excluding carboxylic acids is 1. The highest BCUT2D eigenvalue weighted by molar-refractivity contribution is 6.33. The van der Waals surface area contributed by atoms with Gasteiger partial charge in [0.25, 0.3) is 5.91 Å². The number of benzene rings is 1. The third kappa shape index (κ3) is 3.84. The van der Waals surface area contributed by atoms with Crippen LogP contribution in [0.1, 0.15) is 36.5 Å². The van der Waals surface area contributed by atoms with Crippen LogP contribution in [0.3, 0.4) is 0 Å². The van der Waals surface area contributed by atoms with Gasteiger partial charge in [-0.05, 0) is 51.1 Å². The van der Waals surface area contributed by atoms with Gasteiger partial charge in [-0.1, -0.05) is 18.0 Å². The number of halogens is 2. The number of aromatic nitrogens is 1. The zero-order valence-corrected chi connectivity index (χ0v) is 14.4. The molecule has 0 saturated carbocycles. The van der Waals surface area contributed by atoms with Gasteiger partial charge in [-0.25, -0.2) is 9.37 Å². The highest BCUT2D eigenvalue weighted by Crippen LogP contribution is 2.21. The molecule has 4 nitrogen and oxygen atoms in total. The molecular formula is C18H21ClFN3O. The average molecular weight is 350 g/mol. The Morgan fingerprint density at radius 1 is 1.33 bits per heavy atom. The summed E-state index contributed by atoms with van der Waals surface area (Å²) in [6, 6.07) is 6.20. The van der Waals surface area contributed by atoms with Crippen LogP contribution in [-0.2, 0) is 0 Å². The van der Waals surface area contributed by atoms with E-state index in [1.54, 1.807) is 12.1 Å². The minimum absolute atomic E-state index is 0.0937. The maximum absolute atomic E-state index is 13.2. The van der Waals surface area contributed by atoms with Crippen molar-refractivity contribution in [3.05, 3.63) is 40.8 Å². The predicted octanol–water partition coefficient (Wildman–Crippen LogP) is 3.63. The van der Waals surface area contributed by atoms with Gasteiger partial charge in [-0.3, -0.25) is 9.69 Å². The van der Waals surface area contributed by atoms with Gasteiger partial charge in [0.2, 0.25) is 0 Å². The summed E-state index contributed by atoms with van der Waals surface area (Å²) in [5, 5.41) is 3.72. The maximum atomic E-state index is 13.2. The average Bonchev–Trinajstić information content (AvgIpc) is 2.59. The number of amides is 1. The van der Waals surface area contributed by atoms with E-state index < -0.39 is 0 Å². The topological polar surface area (TPSA) is 45.2 Å². The van der Waals surface area contributed by atoms with Crippen LogP contribution < -0.4 is 5.32 Å². The molecule has 128 valence electrons. The van der Waals surface area contributed by atoms with Gasteiger partial charge in [0.05, 0.1) is 11.1 Å². The van der Waals surface area contributed by atoms with Gasteiger partial charge in [-0.15, -0.1) is 0 Å². The van der Waals surface area contributed by atoms with Crippen LogP contribution >= 0.6 is 11.6 Å². The molecule has 1 N–H and O–H groups in total. The molecule has 2 aromatic rings. The lowest BCUT2D eigenvalue weighted by Gasteiger charge is -2.32.